The number of pyridine rings is 1. The fourth-order valence-electron chi connectivity index (χ4n) is 1.23. The molecule has 0 bridgehead atoms. The van der Waals surface area contributed by atoms with Gasteiger partial charge in [-0.2, -0.15) is 0 Å². The molecule has 1 aromatic rings. The topological polar surface area (TPSA) is 97.5 Å². The number of carbonyl (C=O) groups is 1. The largest absolute Gasteiger partial charge is 0.504 e. The van der Waals surface area contributed by atoms with Crippen LogP contribution < -0.4 is 11.1 Å². The van der Waals surface area contributed by atoms with Crippen molar-refractivity contribution in [3.63, 3.8) is 0 Å². The van der Waals surface area contributed by atoms with Crippen LogP contribution in [0.3, 0.4) is 0 Å². The van der Waals surface area contributed by atoms with E-state index >= 15 is 0 Å². The quantitative estimate of drug-likeness (QED) is 0.691. The highest BCUT2D eigenvalue weighted by atomic mass is 16.5. The molecule has 0 saturated carbocycles. The number of aromatic nitrogens is 1. The van der Waals surface area contributed by atoms with E-state index in [1.54, 1.807) is 20.1 Å². The van der Waals surface area contributed by atoms with Crippen molar-refractivity contribution in [3.05, 3.63) is 17.8 Å². The van der Waals surface area contributed by atoms with Gasteiger partial charge in [0.2, 0.25) is 5.91 Å². The van der Waals surface area contributed by atoms with Crippen molar-refractivity contribution in [2.45, 2.75) is 19.4 Å². The number of nitrogens with two attached hydrogens (primary N) is 1. The Bertz CT molecular complexity index is 396. The van der Waals surface area contributed by atoms with Crippen LogP contribution in [0.25, 0.3) is 0 Å². The Morgan fingerprint density at radius 3 is 3.00 bits per heavy atom. The molecule has 1 amide bonds. The first kappa shape index (κ1) is 13.4. The van der Waals surface area contributed by atoms with Gasteiger partial charge in [-0.05, 0) is 25.5 Å². The Labute approximate surface area is 99.8 Å². The van der Waals surface area contributed by atoms with E-state index in [1.807, 2.05) is 0 Å². The van der Waals surface area contributed by atoms with Gasteiger partial charge in [0.05, 0.1) is 6.04 Å². The first-order chi connectivity index (χ1) is 8.04. The number of nitrogens with zero attached hydrogens (tertiary/aromatic N) is 1. The molecule has 0 aliphatic heterocycles. The molecular formula is C11H17N3O3. The Balaban J connectivity index is 2.64. The van der Waals surface area contributed by atoms with E-state index in [9.17, 15) is 9.90 Å². The molecule has 0 saturated heterocycles. The number of hydrogen-bond donors (Lipinski definition) is 3. The molecule has 6 heteroatoms. The lowest BCUT2D eigenvalue weighted by Crippen LogP contribution is -2.36. The van der Waals surface area contributed by atoms with Gasteiger partial charge in [-0.1, -0.05) is 0 Å². The molecule has 1 atom stereocenters. The zero-order valence-electron chi connectivity index (χ0n) is 9.93. The predicted molar refractivity (Wildman–Crippen MR) is 63.7 cm³/mol. The van der Waals surface area contributed by atoms with E-state index in [-0.39, 0.29) is 11.6 Å². The van der Waals surface area contributed by atoms with E-state index in [0.29, 0.717) is 18.7 Å². The smallest absolute Gasteiger partial charge is 0.242 e. The second-order valence-electron chi connectivity index (χ2n) is 3.70. The SMILES string of the molecule is COCCC(N)C(=O)Nc1nc(C)ccc1O. The molecule has 0 aliphatic rings. The minimum atomic E-state index is -0.684. The number of methoxy groups -OCH3 is 1. The number of aromatic hydroxyl groups is 1. The summed E-state index contributed by atoms with van der Waals surface area (Å²) >= 11 is 0. The molecule has 0 aromatic carbocycles. The van der Waals surface area contributed by atoms with Crippen LogP contribution in [0.5, 0.6) is 5.75 Å². The maximum Gasteiger partial charge on any atom is 0.242 e. The minimum absolute atomic E-state index is 0.0807. The number of anilines is 1. The Kier molecular flexibility index (Phi) is 4.86. The highest BCUT2D eigenvalue weighted by Crippen LogP contribution is 2.20. The summed E-state index contributed by atoms with van der Waals surface area (Å²) in [6.45, 7) is 2.17. The zero-order chi connectivity index (χ0) is 12.8. The van der Waals surface area contributed by atoms with Crippen molar-refractivity contribution >= 4 is 11.7 Å². The summed E-state index contributed by atoms with van der Waals surface area (Å²) in [7, 11) is 1.54. The molecule has 1 aromatic heterocycles. The number of carbonyl (C=O) groups excluding carboxylic acids is 1. The van der Waals surface area contributed by atoms with Crippen molar-refractivity contribution in [1.29, 1.82) is 0 Å². The number of nitrogens with one attached hydrogen (secondary N) is 1. The fraction of sp³-hybridized carbons (Fsp3) is 0.455. The lowest BCUT2D eigenvalue weighted by molar-refractivity contribution is -0.117. The van der Waals surface area contributed by atoms with Gasteiger partial charge in [-0.25, -0.2) is 4.98 Å². The summed E-state index contributed by atoms with van der Waals surface area (Å²) in [4.78, 5) is 15.6. The molecule has 1 unspecified atom stereocenters. The Morgan fingerprint density at radius 2 is 2.35 bits per heavy atom. The van der Waals surface area contributed by atoms with Gasteiger partial charge >= 0.3 is 0 Å². The van der Waals surface area contributed by atoms with Crippen LogP contribution in [0.15, 0.2) is 12.1 Å². The van der Waals surface area contributed by atoms with E-state index in [2.05, 4.69) is 10.3 Å². The van der Waals surface area contributed by atoms with Gasteiger partial charge in [0.1, 0.15) is 0 Å². The summed E-state index contributed by atoms with van der Waals surface area (Å²) in [5.41, 5.74) is 6.34. The number of ether oxygens (including phenoxy) is 1. The molecule has 17 heavy (non-hydrogen) atoms. The Morgan fingerprint density at radius 1 is 1.65 bits per heavy atom. The van der Waals surface area contributed by atoms with Gasteiger partial charge in [-0.15, -0.1) is 0 Å². The van der Waals surface area contributed by atoms with Gasteiger partial charge in [0, 0.05) is 19.4 Å². The van der Waals surface area contributed by atoms with E-state index in [1.165, 1.54) is 6.07 Å². The van der Waals surface area contributed by atoms with Crippen molar-refractivity contribution in [1.82, 2.24) is 4.98 Å². The highest BCUT2D eigenvalue weighted by Gasteiger charge is 2.15. The molecular weight excluding hydrogens is 222 g/mol. The summed E-state index contributed by atoms with van der Waals surface area (Å²) in [6.07, 6.45) is 0.412. The molecule has 1 rings (SSSR count). The van der Waals surface area contributed by atoms with Gasteiger partial charge in [0.25, 0.3) is 0 Å². The third kappa shape index (κ3) is 4.01. The lowest BCUT2D eigenvalue weighted by Gasteiger charge is -2.12. The summed E-state index contributed by atoms with van der Waals surface area (Å²) in [5.74, 6) is -0.346. The summed E-state index contributed by atoms with van der Waals surface area (Å²) in [6, 6.07) is 2.44. The summed E-state index contributed by atoms with van der Waals surface area (Å²) < 4.78 is 4.83. The molecule has 1 heterocycles. The average molecular weight is 239 g/mol. The molecule has 4 N–H and O–H groups in total. The Hall–Kier alpha value is -1.66. The van der Waals surface area contributed by atoms with Crippen molar-refractivity contribution in [3.8, 4) is 5.75 Å². The van der Waals surface area contributed by atoms with Crippen LogP contribution in [-0.2, 0) is 9.53 Å². The van der Waals surface area contributed by atoms with Crippen molar-refractivity contribution in [2.24, 2.45) is 5.73 Å². The van der Waals surface area contributed by atoms with Crippen molar-refractivity contribution < 1.29 is 14.6 Å². The molecule has 0 fully saturated rings. The van der Waals surface area contributed by atoms with Gasteiger partial charge in [0.15, 0.2) is 11.6 Å². The first-order valence-corrected chi connectivity index (χ1v) is 5.26. The molecule has 6 nitrogen and oxygen atoms in total. The molecule has 94 valence electrons. The maximum atomic E-state index is 11.6. The van der Waals surface area contributed by atoms with Crippen LogP contribution in [-0.4, -0.2) is 35.8 Å². The standard InChI is InChI=1S/C11H17N3O3/c1-7-3-4-9(15)10(13-7)14-11(16)8(12)5-6-17-2/h3-4,8,15H,5-6,12H2,1-2H3,(H,13,14,16). The van der Waals surface area contributed by atoms with E-state index in [0.717, 1.165) is 0 Å². The monoisotopic (exact) mass is 239 g/mol. The average Bonchev–Trinajstić information content (AvgIpc) is 2.30. The van der Waals surface area contributed by atoms with E-state index in [4.69, 9.17) is 10.5 Å². The van der Waals surface area contributed by atoms with Crippen LogP contribution in [0, 0.1) is 6.92 Å². The maximum absolute atomic E-state index is 11.6. The number of rotatable bonds is 5. The zero-order valence-corrected chi connectivity index (χ0v) is 9.93. The number of amides is 1. The lowest BCUT2D eigenvalue weighted by atomic mass is 10.2. The molecule has 0 spiro atoms. The minimum Gasteiger partial charge on any atom is -0.504 e. The highest BCUT2D eigenvalue weighted by molar-refractivity contribution is 5.94. The van der Waals surface area contributed by atoms with Gasteiger partial charge in [-0.3, -0.25) is 4.79 Å². The third-order valence-corrected chi connectivity index (χ3v) is 2.22. The van der Waals surface area contributed by atoms with Crippen LogP contribution in [0.4, 0.5) is 5.82 Å². The summed E-state index contributed by atoms with van der Waals surface area (Å²) in [5, 5.41) is 12.0. The second kappa shape index (κ2) is 6.17. The van der Waals surface area contributed by atoms with Crippen LogP contribution in [0.1, 0.15) is 12.1 Å². The predicted octanol–water partition coefficient (Wildman–Crippen LogP) is 0.398. The van der Waals surface area contributed by atoms with Crippen LogP contribution >= 0.6 is 0 Å². The fourth-order valence-corrected chi connectivity index (χ4v) is 1.23. The van der Waals surface area contributed by atoms with Gasteiger partial charge < -0.3 is 20.9 Å². The molecule has 0 aliphatic carbocycles. The van der Waals surface area contributed by atoms with E-state index < -0.39 is 11.9 Å². The van der Waals surface area contributed by atoms with Crippen LogP contribution in [0.2, 0.25) is 0 Å². The second-order valence-corrected chi connectivity index (χ2v) is 3.70. The number of hydrogen-bond acceptors (Lipinski definition) is 5. The molecule has 0 radical (unpaired) electrons. The third-order valence-electron chi connectivity index (χ3n) is 2.22. The normalized spacial score (nSPS) is 12.2. The van der Waals surface area contributed by atoms with Crippen molar-refractivity contribution in [2.75, 3.05) is 19.0 Å². The first-order valence-electron chi connectivity index (χ1n) is 5.26. The number of aryl methyl sites for hydroxylation is 1.